The molecule has 0 aliphatic carbocycles. The first-order valence-electron chi connectivity index (χ1n) is 9.51. The van der Waals surface area contributed by atoms with Gasteiger partial charge in [-0.3, -0.25) is 14.5 Å². The van der Waals surface area contributed by atoms with Crippen molar-refractivity contribution >= 4 is 17.5 Å². The van der Waals surface area contributed by atoms with Crippen molar-refractivity contribution in [2.45, 2.75) is 46.2 Å². The van der Waals surface area contributed by atoms with Crippen molar-refractivity contribution in [3.8, 4) is 0 Å². The summed E-state index contributed by atoms with van der Waals surface area (Å²) in [6, 6.07) is 14.9. The Hall–Kier alpha value is -2.66. The number of carbonyl (C=O) groups excluding carboxylic acids is 2. The van der Waals surface area contributed by atoms with E-state index in [1.165, 1.54) is 0 Å². The van der Waals surface area contributed by atoms with Crippen molar-refractivity contribution in [3.63, 3.8) is 0 Å². The van der Waals surface area contributed by atoms with Crippen LogP contribution in [-0.2, 0) is 9.59 Å². The monoisotopic (exact) mass is 381 g/mol. The van der Waals surface area contributed by atoms with E-state index in [4.69, 9.17) is 0 Å². The second kappa shape index (κ2) is 9.02. The maximum atomic E-state index is 13.2. The number of aryl methyl sites for hydroxylation is 2. The number of nitrogens with one attached hydrogen (secondary N) is 2. The van der Waals surface area contributed by atoms with Gasteiger partial charge in [0.1, 0.15) is 6.04 Å². The van der Waals surface area contributed by atoms with Crippen molar-refractivity contribution < 1.29 is 9.59 Å². The molecule has 5 heteroatoms. The Morgan fingerprint density at radius 2 is 1.68 bits per heavy atom. The summed E-state index contributed by atoms with van der Waals surface area (Å²) in [5.41, 5.74) is 3.39. The first-order valence-corrected chi connectivity index (χ1v) is 9.51. The van der Waals surface area contributed by atoms with E-state index in [9.17, 15) is 9.59 Å². The van der Waals surface area contributed by atoms with Crippen LogP contribution in [0.4, 0.5) is 5.69 Å². The Balaban J connectivity index is 2.25. The summed E-state index contributed by atoms with van der Waals surface area (Å²) in [5, 5.41) is 5.99. The van der Waals surface area contributed by atoms with Crippen molar-refractivity contribution in [1.29, 1.82) is 0 Å². The molecule has 2 amide bonds. The highest BCUT2D eigenvalue weighted by Gasteiger charge is 2.27. The molecule has 0 spiro atoms. The summed E-state index contributed by atoms with van der Waals surface area (Å²) in [4.78, 5) is 27.4. The Morgan fingerprint density at radius 1 is 1.04 bits per heavy atom. The van der Waals surface area contributed by atoms with Crippen molar-refractivity contribution in [1.82, 2.24) is 10.2 Å². The lowest BCUT2D eigenvalue weighted by atomic mass is 10.0. The molecule has 0 heterocycles. The van der Waals surface area contributed by atoms with Gasteiger partial charge >= 0.3 is 0 Å². The maximum absolute atomic E-state index is 13.2. The molecule has 0 aliphatic rings. The summed E-state index contributed by atoms with van der Waals surface area (Å²) >= 11 is 0. The number of amides is 2. The topological polar surface area (TPSA) is 61.4 Å². The van der Waals surface area contributed by atoms with Gasteiger partial charge in [-0.1, -0.05) is 42.5 Å². The third-order valence-electron chi connectivity index (χ3n) is 4.36. The number of hydrogen-bond donors (Lipinski definition) is 2. The minimum Gasteiger partial charge on any atom is -0.350 e. The van der Waals surface area contributed by atoms with Gasteiger partial charge in [0, 0.05) is 11.2 Å². The van der Waals surface area contributed by atoms with Gasteiger partial charge in [-0.15, -0.1) is 0 Å². The predicted octanol–water partition coefficient (Wildman–Crippen LogP) is 3.83. The molecule has 28 heavy (non-hydrogen) atoms. The van der Waals surface area contributed by atoms with Gasteiger partial charge < -0.3 is 10.6 Å². The lowest BCUT2D eigenvalue weighted by Crippen LogP contribution is -2.47. The number of likely N-dealkylation sites (N-methyl/N-ethyl adjacent to an activating group) is 1. The molecule has 150 valence electrons. The molecule has 1 atom stereocenters. The third-order valence-corrected chi connectivity index (χ3v) is 4.36. The van der Waals surface area contributed by atoms with Crippen molar-refractivity contribution in [3.05, 3.63) is 65.2 Å². The number of rotatable bonds is 6. The van der Waals surface area contributed by atoms with Gasteiger partial charge in [0.2, 0.25) is 11.8 Å². The highest BCUT2D eigenvalue weighted by molar-refractivity contribution is 5.96. The standard InChI is InChI=1S/C23H31N3O2/c1-16-12-13-17(2)19(14-16)24-22(28)21(18-10-8-7-9-11-18)26(6)15-20(27)25-23(3,4)5/h7-14,21H,15H2,1-6H3,(H,24,28)(H,25,27). The number of anilines is 1. The Labute approximate surface area is 168 Å². The summed E-state index contributed by atoms with van der Waals surface area (Å²) < 4.78 is 0. The summed E-state index contributed by atoms with van der Waals surface area (Å²) in [7, 11) is 1.79. The molecule has 1 unspecified atom stereocenters. The van der Waals surface area contributed by atoms with Crippen molar-refractivity contribution in [2.75, 3.05) is 18.9 Å². The lowest BCUT2D eigenvalue weighted by Gasteiger charge is -2.29. The van der Waals surface area contributed by atoms with Gasteiger partial charge in [-0.2, -0.15) is 0 Å². The molecule has 0 saturated heterocycles. The Kier molecular flexibility index (Phi) is 6.97. The number of benzene rings is 2. The van der Waals surface area contributed by atoms with Gasteiger partial charge in [0.05, 0.1) is 6.54 Å². The first-order chi connectivity index (χ1) is 13.1. The van der Waals surface area contributed by atoms with Crippen LogP contribution in [0.15, 0.2) is 48.5 Å². The van der Waals surface area contributed by atoms with Crippen LogP contribution in [0.5, 0.6) is 0 Å². The molecule has 0 fully saturated rings. The van der Waals surface area contributed by atoms with E-state index in [1.54, 1.807) is 11.9 Å². The molecule has 0 radical (unpaired) electrons. The molecule has 0 bridgehead atoms. The molecule has 2 aromatic rings. The highest BCUT2D eigenvalue weighted by atomic mass is 16.2. The van der Waals surface area contributed by atoms with E-state index in [0.717, 1.165) is 22.4 Å². The van der Waals surface area contributed by atoms with Crippen LogP contribution in [0, 0.1) is 13.8 Å². The van der Waals surface area contributed by atoms with Crippen LogP contribution in [0.3, 0.4) is 0 Å². The fraction of sp³-hybridized carbons (Fsp3) is 0.391. The van der Waals surface area contributed by atoms with E-state index in [0.29, 0.717) is 0 Å². The fourth-order valence-corrected chi connectivity index (χ4v) is 3.09. The number of hydrogen-bond acceptors (Lipinski definition) is 3. The Bertz CT molecular complexity index is 825. The largest absolute Gasteiger partial charge is 0.350 e. The average Bonchev–Trinajstić information content (AvgIpc) is 2.57. The summed E-state index contributed by atoms with van der Waals surface area (Å²) in [6.07, 6.45) is 0. The van der Waals surface area contributed by atoms with Crippen LogP contribution in [-0.4, -0.2) is 35.8 Å². The molecule has 5 nitrogen and oxygen atoms in total. The average molecular weight is 382 g/mol. The van der Waals surface area contributed by atoms with Crippen LogP contribution in [0.1, 0.15) is 43.5 Å². The molecule has 0 aliphatic heterocycles. The highest BCUT2D eigenvalue weighted by Crippen LogP contribution is 2.23. The van der Waals surface area contributed by atoms with Crippen LogP contribution >= 0.6 is 0 Å². The summed E-state index contributed by atoms with van der Waals surface area (Å²) in [5.74, 6) is -0.276. The minimum absolute atomic E-state index is 0.115. The zero-order valence-corrected chi connectivity index (χ0v) is 17.7. The molecule has 2 rings (SSSR count). The minimum atomic E-state index is -0.577. The second-order valence-electron chi connectivity index (χ2n) is 8.33. The van der Waals surface area contributed by atoms with Crippen LogP contribution in [0.2, 0.25) is 0 Å². The fourth-order valence-electron chi connectivity index (χ4n) is 3.09. The van der Waals surface area contributed by atoms with Gasteiger partial charge in [0.25, 0.3) is 0 Å². The number of carbonyl (C=O) groups is 2. The molecular formula is C23H31N3O2. The zero-order chi connectivity index (χ0) is 20.9. The maximum Gasteiger partial charge on any atom is 0.246 e. The van der Waals surface area contributed by atoms with Gasteiger partial charge in [-0.05, 0) is 64.4 Å². The van der Waals surface area contributed by atoms with E-state index in [2.05, 4.69) is 10.6 Å². The first kappa shape index (κ1) is 21.6. The van der Waals surface area contributed by atoms with E-state index < -0.39 is 6.04 Å². The van der Waals surface area contributed by atoms with Gasteiger partial charge in [0.15, 0.2) is 0 Å². The molecule has 0 aromatic heterocycles. The predicted molar refractivity (Wildman–Crippen MR) is 114 cm³/mol. The molecule has 0 saturated carbocycles. The van der Waals surface area contributed by atoms with Gasteiger partial charge in [-0.25, -0.2) is 0 Å². The third kappa shape index (κ3) is 6.20. The zero-order valence-electron chi connectivity index (χ0n) is 17.7. The number of nitrogens with zero attached hydrogens (tertiary/aromatic N) is 1. The van der Waals surface area contributed by atoms with E-state index >= 15 is 0 Å². The van der Waals surface area contributed by atoms with E-state index in [-0.39, 0.29) is 23.9 Å². The normalized spacial score (nSPS) is 12.5. The molecule has 2 N–H and O–H groups in total. The molecular weight excluding hydrogens is 350 g/mol. The quantitative estimate of drug-likeness (QED) is 0.799. The lowest BCUT2D eigenvalue weighted by molar-refractivity contribution is -0.126. The second-order valence-corrected chi connectivity index (χ2v) is 8.33. The SMILES string of the molecule is Cc1ccc(C)c(NC(=O)C(c2ccccc2)N(C)CC(=O)NC(C)(C)C)c1. The van der Waals surface area contributed by atoms with Crippen LogP contribution < -0.4 is 10.6 Å². The Morgan fingerprint density at radius 3 is 2.29 bits per heavy atom. The van der Waals surface area contributed by atoms with Crippen molar-refractivity contribution in [2.24, 2.45) is 0 Å². The smallest absolute Gasteiger partial charge is 0.246 e. The summed E-state index contributed by atoms with van der Waals surface area (Å²) in [6.45, 7) is 9.89. The van der Waals surface area contributed by atoms with Crippen LogP contribution in [0.25, 0.3) is 0 Å². The molecule has 2 aromatic carbocycles. The van der Waals surface area contributed by atoms with E-state index in [1.807, 2.05) is 83.1 Å².